The first-order valence-corrected chi connectivity index (χ1v) is 6.67. The lowest BCUT2D eigenvalue weighted by molar-refractivity contribution is 0.218. The molecule has 0 saturated carbocycles. The molecule has 1 fully saturated rings. The summed E-state index contributed by atoms with van der Waals surface area (Å²) in [6.45, 7) is 5.94. The number of hydrogen-bond donors (Lipinski definition) is 1. The molecule has 1 aliphatic heterocycles. The number of piperidine rings is 1. The van der Waals surface area contributed by atoms with Crippen molar-refractivity contribution in [3.8, 4) is 0 Å². The topological polar surface area (TPSA) is 19.0 Å². The summed E-state index contributed by atoms with van der Waals surface area (Å²) in [7, 11) is 0. The lowest BCUT2D eigenvalue weighted by Gasteiger charge is -2.32. The second-order valence-corrected chi connectivity index (χ2v) is 5.02. The van der Waals surface area contributed by atoms with Crippen molar-refractivity contribution in [3.05, 3.63) is 36.0 Å². The fourth-order valence-corrected chi connectivity index (χ4v) is 3.06. The maximum atomic E-state index is 3.31. The zero-order valence-electron chi connectivity index (χ0n) is 10.4. The molecule has 3 rings (SSSR count). The van der Waals surface area contributed by atoms with E-state index in [0.29, 0.717) is 5.92 Å². The van der Waals surface area contributed by atoms with Crippen LogP contribution in [0.15, 0.2) is 30.5 Å². The number of likely N-dealkylation sites (tertiary alicyclic amines) is 1. The van der Waals surface area contributed by atoms with Gasteiger partial charge in [0.15, 0.2) is 0 Å². The molecule has 1 N–H and O–H groups in total. The molecule has 1 saturated heterocycles. The number of aromatic nitrogens is 1. The maximum Gasteiger partial charge on any atom is 0.0456 e. The van der Waals surface area contributed by atoms with Gasteiger partial charge in [0.1, 0.15) is 0 Å². The molecule has 2 heteroatoms. The summed E-state index contributed by atoms with van der Waals surface area (Å²) < 4.78 is 0. The van der Waals surface area contributed by atoms with Gasteiger partial charge in [-0.3, -0.25) is 0 Å². The Labute approximate surface area is 103 Å². The van der Waals surface area contributed by atoms with Crippen LogP contribution in [0.3, 0.4) is 0 Å². The molecule has 0 spiro atoms. The third-order valence-corrected chi connectivity index (χ3v) is 4.02. The summed E-state index contributed by atoms with van der Waals surface area (Å²) in [5.41, 5.74) is 2.80. The van der Waals surface area contributed by atoms with Crippen molar-refractivity contribution in [1.82, 2.24) is 9.88 Å². The smallest absolute Gasteiger partial charge is 0.0456 e. The zero-order valence-corrected chi connectivity index (χ0v) is 10.4. The highest BCUT2D eigenvalue weighted by atomic mass is 15.1. The van der Waals surface area contributed by atoms with Crippen molar-refractivity contribution in [2.24, 2.45) is 0 Å². The van der Waals surface area contributed by atoms with Crippen LogP contribution in [0.5, 0.6) is 0 Å². The second-order valence-electron chi connectivity index (χ2n) is 5.02. The Hall–Kier alpha value is -1.28. The lowest BCUT2D eigenvalue weighted by atomic mass is 9.88. The van der Waals surface area contributed by atoms with Gasteiger partial charge >= 0.3 is 0 Å². The highest BCUT2D eigenvalue weighted by Crippen LogP contribution is 2.31. The van der Waals surface area contributed by atoms with Crippen LogP contribution < -0.4 is 0 Å². The fourth-order valence-electron chi connectivity index (χ4n) is 3.06. The van der Waals surface area contributed by atoms with Crippen LogP contribution in [0.1, 0.15) is 31.2 Å². The Morgan fingerprint density at radius 3 is 3.18 bits per heavy atom. The number of nitrogens with zero attached hydrogens (tertiary/aromatic N) is 1. The van der Waals surface area contributed by atoms with Gasteiger partial charge in [0.2, 0.25) is 0 Å². The van der Waals surface area contributed by atoms with Gasteiger partial charge in [-0.25, -0.2) is 0 Å². The van der Waals surface area contributed by atoms with Crippen LogP contribution in [-0.2, 0) is 0 Å². The summed E-state index contributed by atoms with van der Waals surface area (Å²) >= 11 is 0. The van der Waals surface area contributed by atoms with Gasteiger partial charge in [-0.1, -0.05) is 19.1 Å². The van der Waals surface area contributed by atoms with Crippen molar-refractivity contribution in [2.45, 2.75) is 25.7 Å². The molecular formula is C15H20N2. The molecule has 1 aromatic carbocycles. The normalized spacial score (nSPS) is 22.1. The van der Waals surface area contributed by atoms with Crippen LogP contribution in [0, 0.1) is 0 Å². The van der Waals surface area contributed by atoms with Crippen LogP contribution in [0.4, 0.5) is 0 Å². The minimum atomic E-state index is 0.711. The van der Waals surface area contributed by atoms with Gasteiger partial charge in [0.05, 0.1) is 0 Å². The predicted octanol–water partition coefficient (Wildman–Crippen LogP) is 3.37. The number of rotatable bonds is 2. The molecule has 1 aromatic heterocycles. The van der Waals surface area contributed by atoms with Crippen LogP contribution in [0.2, 0.25) is 0 Å². The predicted molar refractivity (Wildman–Crippen MR) is 72.4 cm³/mol. The first-order valence-electron chi connectivity index (χ1n) is 6.67. The van der Waals surface area contributed by atoms with E-state index >= 15 is 0 Å². The molecule has 0 bridgehead atoms. The second kappa shape index (κ2) is 4.53. The number of likely N-dealkylation sites (N-methyl/N-ethyl adjacent to an activating group) is 1. The zero-order chi connectivity index (χ0) is 11.7. The van der Waals surface area contributed by atoms with E-state index in [1.54, 1.807) is 0 Å². The third kappa shape index (κ3) is 1.98. The van der Waals surface area contributed by atoms with Crippen molar-refractivity contribution in [2.75, 3.05) is 19.6 Å². The Balaban J connectivity index is 1.94. The highest BCUT2D eigenvalue weighted by molar-refractivity contribution is 5.83. The summed E-state index contributed by atoms with van der Waals surface area (Å²) in [5.74, 6) is 0.711. The molecule has 0 aliphatic carbocycles. The molecule has 0 amide bonds. The molecular weight excluding hydrogens is 208 g/mol. The first kappa shape index (κ1) is 10.8. The summed E-state index contributed by atoms with van der Waals surface area (Å²) in [6, 6.07) is 8.87. The molecule has 1 atom stereocenters. The fraction of sp³-hybridized carbons (Fsp3) is 0.467. The minimum absolute atomic E-state index is 0.711. The monoisotopic (exact) mass is 228 g/mol. The van der Waals surface area contributed by atoms with E-state index < -0.39 is 0 Å². The molecule has 2 nitrogen and oxygen atoms in total. The lowest BCUT2D eigenvalue weighted by Crippen LogP contribution is -2.34. The highest BCUT2D eigenvalue weighted by Gasteiger charge is 2.21. The average Bonchev–Trinajstić information content (AvgIpc) is 2.87. The van der Waals surface area contributed by atoms with E-state index in [1.807, 2.05) is 0 Å². The molecule has 2 heterocycles. The summed E-state index contributed by atoms with van der Waals surface area (Å²) in [6.07, 6.45) is 4.72. The van der Waals surface area contributed by atoms with Crippen LogP contribution in [-0.4, -0.2) is 29.5 Å². The number of benzene rings is 1. The van der Waals surface area contributed by atoms with Crippen molar-refractivity contribution in [3.63, 3.8) is 0 Å². The average molecular weight is 228 g/mol. The first-order chi connectivity index (χ1) is 8.38. The number of aromatic amines is 1. The van der Waals surface area contributed by atoms with Crippen LogP contribution >= 0.6 is 0 Å². The molecule has 2 aromatic rings. The number of H-pyrrole nitrogens is 1. The Kier molecular flexibility index (Phi) is 2.89. The minimum Gasteiger partial charge on any atom is -0.361 e. The van der Waals surface area contributed by atoms with Gasteiger partial charge in [0.25, 0.3) is 0 Å². The number of fused-ring (bicyclic) bond motifs is 1. The van der Waals surface area contributed by atoms with Gasteiger partial charge in [0, 0.05) is 23.6 Å². The largest absolute Gasteiger partial charge is 0.361 e. The van der Waals surface area contributed by atoms with Gasteiger partial charge in [-0.05, 0) is 49.5 Å². The van der Waals surface area contributed by atoms with E-state index in [4.69, 9.17) is 0 Å². The Morgan fingerprint density at radius 2 is 2.29 bits per heavy atom. The number of nitrogens with one attached hydrogen (secondary N) is 1. The number of hydrogen-bond acceptors (Lipinski definition) is 1. The Morgan fingerprint density at radius 1 is 1.35 bits per heavy atom. The van der Waals surface area contributed by atoms with E-state index in [2.05, 4.69) is 47.3 Å². The van der Waals surface area contributed by atoms with Gasteiger partial charge in [-0.15, -0.1) is 0 Å². The van der Waals surface area contributed by atoms with Crippen molar-refractivity contribution >= 4 is 10.9 Å². The van der Waals surface area contributed by atoms with Crippen LogP contribution in [0.25, 0.3) is 10.9 Å². The van der Waals surface area contributed by atoms with E-state index in [9.17, 15) is 0 Å². The summed E-state index contributed by atoms with van der Waals surface area (Å²) in [4.78, 5) is 5.88. The molecule has 1 aliphatic rings. The maximum absolute atomic E-state index is 3.31. The molecule has 17 heavy (non-hydrogen) atoms. The van der Waals surface area contributed by atoms with Crippen molar-refractivity contribution in [1.29, 1.82) is 0 Å². The third-order valence-electron chi connectivity index (χ3n) is 4.02. The standard InChI is InChI=1S/C15H20N2/c1-2-17-10-4-5-12(11-17)13-6-3-7-15-14(13)8-9-16-15/h3,6-9,12,16H,2,4-5,10-11H2,1H3/t12-/m1/s1. The van der Waals surface area contributed by atoms with E-state index in [-0.39, 0.29) is 0 Å². The van der Waals surface area contributed by atoms with E-state index in [0.717, 1.165) is 0 Å². The van der Waals surface area contributed by atoms with Gasteiger partial charge in [-0.2, -0.15) is 0 Å². The molecule has 90 valence electrons. The molecule has 0 unspecified atom stereocenters. The quantitative estimate of drug-likeness (QED) is 0.835. The Bertz CT molecular complexity index is 500. The SMILES string of the molecule is CCN1CCC[C@@H](c2cccc3[nH]ccc23)C1. The summed E-state index contributed by atoms with van der Waals surface area (Å²) in [5, 5.41) is 1.41. The van der Waals surface area contributed by atoms with Crippen molar-refractivity contribution < 1.29 is 0 Å². The van der Waals surface area contributed by atoms with Gasteiger partial charge < -0.3 is 9.88 Å². The molecule has 0 radical (unpaired) electrons. The van der Waals surface area contributed by atoms with E-state index in [1.165, 1.54) is 48.9 Å².